The van der Waals surface area contributed by atoms with Crippen LogP contribution in [-0.2, 0) is 9.59 Å². The van der Waals surface area contributed by atoms with Crippen LogP contribution in [0.25, 0.3) is 10.6 Å². The summed E-state index contributed by atoms with van der Waals surface area (Å²) in [7, 11) is 0. The van der Waals surface area contributed by atoms with E-state index in [-0.39, 0.29) is 24.2 Å². The number of hydrogen-bond donors (Lipinski definition) is 2. The smallest absolute Gasteiger partial charge is 0.226 e. The Labute approximate surface area is 145 Å². The molecule has 1 aromatic heterocycles. The van der Waals surface area contributed by atoms with E-state index in [1.54, 1.807) is 11.3 Å². The summed E-state index contributed by atoms with van der Waals surface area (Å²) in [6.45, 7) is 4.40. The minimum atomic E-state index is -0.105. The standard InChI is InChI=1S/C18H21N3O2S/c1-11-8-15(11)17(23)19-7-6-16(22)21-14-5-3-4-13(9-14)18-20-12(2)10-24-18/h3-5,9-11,15H,6-8H2,1-2H3,(H,19,23)(H,21,22). The number of nitrogens with one attached hydrogen (secondary N) is 2. The molecule has 2 atom stereocenters. The van der Waals surface area contributed by atoms with Crippen molar-refractivity contribution in [3.05, 3.63) is 35.3 Å². The van der Waals surface area contributed by atoms with E-state index in [0.29, 0.717) is 12.5 Å². The predicted octanol–water partition coefficient (Wildman–Crippen LogP) is 3.22. The Balaban J connectivity index is 1.50. The van der Waals surface area contributed by atoms with Crippen LogP contribution < -0.4 is 10.6 Å². The topological polar surface area (TPSA) is 71.1 Å². The van der Waals surface area contributed by atoms with Gasteiger partial charge in [-0.05, 0) is 31.4 Å². The minimum Gasteiger partial charge on any atom is -0.355 e. The van der Waals surface area contributed by atoms with Gasteiger partial charge in [-0.2, -0.15) is 0 Å². The lowest BCUT2D eigenvalue weighted by molar-refractivity contribution is -0.122. The largest absolute Gasteiger partial charge is 0.355 e. The molecule has 1 aliphatic carbocycles. The molecule has 0 spiro atoms. The fourth-order valence-corrected chi connectivity index (χ4v) is 3.35. The Bertz CT molecular complexity index is 756. The number of nitrogens with zero attached hydrogens (tertiary/aromatic N) is 1. The zero-order valence-corrected chi connectivity index (χ0v) is 14.7. The Morgan fingerprint density at radius 1 is 1.38 bits per heavy atom. The Hall–Kier alpha value is -2.21. The molecule has 126 valence electrons. The molecule has 0 aliphatic heterocycles. The van der Waals surface area contributed by atoms with Gasteiger partial charge in [-0.25, -0.2) is 4.98 Å². The number of aryl methyl sites for hydroxylation is 1. The molecule has 1 fully saturated rings. The summed E-state index contributed by atoms with van der Waals surface area (Å²) in [4.78, 5) is 28.2. The van der Waals surface area contributed by atoms with E-state index >= 15 is 0 Å². The Kier molecular flexibility index (Phi) is 4.94. The van der Waals surface area contributed by atoms with Crippen LogP contribution in [0, 0.1) is 18.8 Å². The van der Waals surface area contributed by atoms with Gasteiger partial charge in [-0.15, -0.1) is 11.3 Å². The molecule has 0 bridgehead atoms. The highest BCUT2D eigenvalue weighted by atomic mass is 32.1. The zero-order chi connectivity index (χ0) is 17.1. The van der Waals surface area contributed by atoms with Crippen LogP contribution in [0.1, 0.15) is 25.5 Å². The molecule has 2 unspecified atom stereocenters. The second-order valence-corrected chi connectivity index (χ2v) is 7.14. The SMILES string of the molecule is Cc1csc(-c2cccc(NC(=O)CCNC(=O)C3CC3C)c2)n1. The first-order chi connectivity index (χ1) is 11.5. The normalized spacial score (nSPS) is 18.9. The summed E-state index contributed by atoms with van der Waals surface area (Å²) in [5.41, 5.74) is 2.72. The van der Waals surface area contributed by atoms with Crippen molar-refractivity contribution in [3.63, 3.8) is 0 Å². The zero-order valence-electron chi connectivity index (χ0n) is 13.8. The molecule has 2 N–H and O–H groups in total. The molecule has 1 aliphatic rings. The maximum Gasteiger partial charge on any atom is 0.226 e. The molecular weight excluding hydrogens is 322 g/mol. The van der Waals surface area contributed by atoms with E-state index in [0.717, 1.165) is 28.4 Å². The van der Waals surface area contributed by atoms with Gasteiger partial charge in [0.25, 0.3) is 0 Å². The van der Waals surface area contributed by atoms with Gasteiger partial charge in [0.1, 0.15) is 5.01 Å². The van der Waals surface area contributed by atoms with E-state index in [4.69, 9.17) is 0 Å². The van der Waals surface area contributed by atoms with Gasteiger partial charge in [0.15, 0.2) is 0 Å². The van der Waals surface area contributed by atoms with Gasteiger partial charge in [-0.1, -0.05) is 19.1 Å². The molecular formula is C18H21N3O2S. The third-order valence-electron chi connectivity index (χ3n) is 4.11. The first kappa shape index (κ1) is 16.6. The number of carbonyl (C=O) groups excluding carboxylic acids is 2. The van der Waals surface area contributed by atoms with Gasteiger partial charge >= 0.3 is 0 Å². The fourth-order valence-electron chi connectivity index (χ4n) is 2.56. The van der Waals surface area contributed by atoms with Crippen molar-refractivity contribution in [1.29, 1.82) is 0 Å². The molecule has 24 heavy (non-hydrogen) atoms. The van der Waals surface area contributed by atoms with Crippen molar-refractivity contribution in [2.45, 2.75) is 26.7 Å². The highest BCUT2D eigenvalue weighted by Gasteiger charge is 2.38. The van der Waals surface area contributed by atoms with Gasteiger partial charge in [-0.3, -0.25) is 9.59 Å². The average Bonchev–Trinajstić information content (AvgIpc) is 3.12. The van der Waals surface area contributed by atoms with Crippen molar-refractivity contribution < 1.29 is 9.59 Å². The first-order valence-electron chi connectivity index (χ1n) is 8.13. The maximum absolute atomic E-state index is 12.0. The van der Waals surface area contributed by atoms with Crippen molar-refractivity contribution in [2.75, 3.05) is 11.9 Å². The second-order valence-electron chi connectivity index (χ2n) is 6.28. The Morgan fingerprint density at radius 2 is 2.17 bits per heavy atom. The number of amides is 2. The van der Waals surface area contributed by atoms with Gasteiger partial charge in [0, 0.05) is 41.2 Å². The summed E-state index contributed by atoms with van der Waals surface area (Å²) in [6.07, 6.45) is 1.23. The molecule has 1 aromatic carbocycles. The summed E-state index contributed by atoms with van der Waals surface area (Å²) in [5, 5.41) is 8.64. The van der Waals surface area contributed by atoms with E-state index < -0.39 is 0 Å². The minimum absolute atomic E-state index is 0.0661. The second kappa shape index (κ2) is 7.13. The highest BCUT2D eigenvalue weighted by molar-refractivity contribution is 7.13. The van der Waals surface area contributed by atoms with E-state index in [1.807, 2.05) is 36.6 Å². The van der Waals surface area contributed by atoms with E-state index in [9.17, 15) is 9.59 Å². The van der Waals surface area contributed by atoms with Crippen LogP contribution in [0.4, 0.5) is 5.69 Å². The molecule has 2 amide bonds. The predicted molar refractivity (Wildman–Crippen MR) is 95.8 cm³/mol. The van der Waals surface area contributed by atoms with Crippen molar-refractivity contribution in [3.8, 4) is 10.6 Å². The molecule has 5 nitrogen and oxygen atoms in total. The molecule has 1 heterocycles. The average molecular weight is 343 g/mol. The number of hydrogen-bond acceptors (Lipinski definition) is 4. The summed E-state index contributed by atoms with van der Waals surface area (Å²) in [5.74, 6) is 0.589. The van der Waals surface area contributed by atoms with Crippen LogP contribution in [0.3, 0.4) is 0 Å². The molecule has 0 saturated heterocycles. The van der Waals surface area contributed by atoms with Crippen molar-refractivity contribution in [1.82, 2.24) is 10.3 Å². The van der Waals surface area contributed by atoms with Crippen LogP contribution in [0.15, 0.2) is 29.6 Å². The Morgan fingerprint density at radius 3 is 2.83 bits per heavy atom. The van der Waals surface area contributed by atoms with Crippen LogP contribution in [0.5, 0.6) is 0 Å². The fraction of sp³-hybridized carbons (Fsp3) is 0.389. The third-order valence-corrected chi connectivity index (χ3v) is 5.12. The number of benzene rings is 1. The van der Waals surface area contributed by atoms with Crippen LogP contribution in [-0.4, -0.2) is 23.3 Å². The van der Waals surface area contributed by atoms with Crippen LogP contribution in [0.2, 0.25) is 0 Å². The van der Waals surface area contributed by atoms with E-state index in [2.05, 4.69) is 22.5 Å². The summed E-state index contributed by atoms with van der Waals surface area (Å²) < 4.78 is 0. The number of thiazole rings is 1. The molecule has 2 aromatic rings. The quantitative estimate of drug-likeness (QED) is 0.846. The lowest BCUT2D eigenvalue weighted by Gasteiger charge is -2.07. The lowest BCUT2D eigenvalue weighted by atomic mass is 10.2. The molecule has 3 rings (SSSR count). The van der Waals surface area contributed by atoms with Gasteiger partial charge < -0.3 is 10.6 Å². The van der Waals surface area contributed by atoms with Crippen LogP contribution >= 0.6 is 11.3 Å². The first-order valence-corrected chi connectivity index (χ1v) is 9.01. The third kappa shape index (κ3) is 4.20. The van der Waals surface area contributed by atoms with E-state index in [1.165, 1.54) is 0 Å². The molecule has 6 heteroatoms. The van der Waals surface area contributed by atoms with Crippen molar-refractivity contribution in [2.24, 2.45) is 11.8 Å². The monoisotopic (exact) mass is 343 g/mol. The maximum atomic E-state index is 12.0. The van der Waals surface area contributed by atoms with Gasteiger partial charge in [0.2, 0.25) is 11.8 Å². The van der Waals surface area contributed by atoms with Crippen molar-refractivity contribution >= 4 is 28.8 Å². The number of aromatic nitrogens is 1. The lowest BCUT2D eigenvalue weighted by Crippen LogP contribution is -2.29. The highest BCUT2D eigenvalue weighted by Crippen LogP contribution is 2.37. The molecule has 0 radical (unpaired) electrons. The number of carbonyl (C=O) groups is 2. The molecule has 1 saturated carbocycles. The number of anilines is 1. The van der Waals surface area contributed by atoms with Gasteiger partial charge in [0.05, 0.1) is 0 Å². The summed E-state index contributed by atoms with van der Waals surface area (Å²) >= 11 is 1.58. The number of rotatable bonds is 6. The summed E-state index contributed by atoms with van der Waals surface area (Å²) in [6, 6.07) is 7.65.